The van der Waals surface area contributed by atoms with Gasteiger partial charge in [-0.1, -0.05) is 12.1 Å². The smallest absolute Gasteiger partial charge is 0.238 e. The molecule has 0 bridgehead atoms. The van der Waals surface area contributed by atoms with Crippen molar-refractivity contribution in [3.8, 4) is 0 Å². The molecule has 1 aliphatic heterocycles. The summed E-state index contributed by atoms with van der Waals surface area (Å²) in [5.41, 5.74) is 11.0. The molecule has 1 atom stereocenters. The van der Waals surface area contributed by atoms with Crippen molar-refractivity contribution in [2.45, 2.75) is 5.37 Å². The van der Waals surface area contributed by atoms with Gasteiger partial charge in [0.25, 0.3) is 0 Å². The molecule has 1 unspecified atom stereocenters. The van der Waals surface area contributed by atoms with Crippen molar-refractivity contribution >= 4 is 45.9 Å². The number of para-hydroxylation sites is 1. The summed E-state index contributed by atoms with van der Waals surface area (Å²) in [6.07, 6.45) is 3.68. The molecule has 114 valence electrons. The number of ether oxygens (including phenoxy) is 2. The maximum atomic E-state index is 6.20. The third kappa shape index (κ3) is 3.49. The molecule has 0 aliphatic carbocycles. The summed E-state index contributed by atoms with van der Waals surface area (Å²) in [5.74, 6) is 1.03. The number of nitrogens with zero attached hydrogens (tertiary/aromatic N) is 2. The first-order chi connectivity index (χ1) is 10.1. The first-order valence-corrected chi connectivity index (χ1v) is 8.48. The van der Waals surface area contributed by atoms with Gasteiger partial charge in [-0.05, 0) is 34.9 Å². The SMILES string of the molecule is COC1=CC(OC)=NN(C(SC)c2cccc(I)c2N)N1. The number of hydrogen-bond acceptors (Lipinski definition) is 7. The lowest BCUT2D eigenvalue weighted by Gasteiger charge is -2.32. The summed E-state index contributed by atoms with van der Waals surface area (Å²) in [5, 5.41) is 5.98. The van der Waals surface area contributed by atoms with Gasteiger partial charge < -0.3 is 15.2 Å². The van der Waals surface area contributed by atoms with Crippen molar-refractivity contribution in [1.29, 1.82) is 0 Å². The van der Waals surface area contributed by atoms with Crippen LogP contribution in [0.3, 0.4) is 0 Å². The molecule has 8 heteroatoms. The second-order valence-corrected chi connectivity index (χ2v) is 6.22. The number of halogens is 1. The van der Waals surface area contributed by atoms with Crippen LogP contribution in [0, 0.1) is 3.57 Å². The summed E-state index contributed by atoms with van der Waals surface area (Å²) in [6, 6.07) is 5.95. The molecule has 0 saturated heterocycles. The second-order valence-electron chi connectivity index (χ2n) is 4.14. The Balaban J connectivity index is 2.36. The maximum Gasteiger partial charge on any atom is 0.238 e. The first kappa shape index (κ1) is 16.1. The van der Waals surface area contributed by atoms with Crippen molar-refractivity contribution in [2.24, 2.45) is 5.10 Å². The van der Waals surface area contributed by atoms with Crippen LogP contribution < -0.4 is 11.2 Å². The average molecular weight is 420 g/mol. The predicted molar refractivity (Wildman–Crippen MR) is 94.3 cm³/mol. The monoisotopic (exact) mass is 420 g/mol. The van der Waals surface area contributed by atoms with Gasteiger partial charge in [0.1, 0.15) is 5.37 Å². The van der Waals surface area contributed by atoms with E-state index in [-0.39, 0.29) is 5.37 Å². The van der Waals surface area contributed by atoms with Crippen molar-refractivity contribution in [1.82, 2.24) is 10.5 Å². The van der Waals surface area contributed by atoms with Crippen LogP contribution in [0.1, 0.15) is 10.9 Å². The Morgan fingerprint density at radius 1 is 1.38 bits per heavy atom. The van der Waals surface area contributed by atoms with Gasteiger partial charge in [-0.25, -0.2) is 0 Å². The van der Waals surface area contributed by atoms with E-state index < -0.39 is 0 Å². The minimum absolute atomic E-state index is 0.108. The number of benzene rings is 1. The second kappa shape index (κ2) is 7.12. The fourth-order valence-electron chi connectivity index (χ4n) is 1.86. The molecule has 3 N–H and O–H groups in total. The van der Waals surface area contributed by atoms with E-state index in [0.717, 1.165) is 14.8 Å². The molecule has 1 aromatic carbocycles. The van der Waals surface area contributed by atoms with Crippen LogP contribution in [0.15, 0.2) is 35.3 Å². The van der Waals surface area contributed by atoms with E-state index in [2.05, 4.69) is 33.1 Å². The van der Waals surface area contributed by atoms with Crippen LogP contribution in [0.2, 0.25) is 0 Å². The lowest BCUT2D eigenvalue weighted by Crippen LogP contribution is -2.39. The molecule has 1 heterocycles. The van der Waals surface area contributed by atoms with Gasteiger partial charge in [-0.2, -0.15) is 5.12 Å². The van der Waals surface area contributed by atoms with Crippen molar-refractivity contribution in [3.05, 3.63) is 39.3 Å². The Morgan fingerprint density at radius 2 is 2.14 bits per heavy atom. The Labute approximate surface area is 141 Å². The van der Waals surface area contributed by atoms with E-state index >= 15 is 0 Å². The van der Waals surface area contributed by atoms with Gasteiger partial charge in [-0.3, -0.25) is 5.43 Å². The van der Waals surface area contributed by atoms with Gasteiger partial charge in [-0.15, -0.1) is 16.9 Å². The first-order valence-electron chi connectivity index (χ1n) is 6.11. The third-order valence-electron chi connectivity index (χ3n) is 2.91. The zero-order chi connectivity index (χ0) is 15.4. The van der Waals surface area contributed by atoms with Crippen molar-refractivity contribution < 1.29 is 9.47 Å². The zero-order valence-electron chi connectivity index (χ0n) is 12.0. The summed E-state index contributed by atoms with van der Waals surface area (Å²) in [6.45, 7) is 0. The number of hydrogen-bond donors (Lipinski definition) is 2. The molecule has 0 saturated carbocycles. The molecule has 0 spiro atoms. The molecule has 0 radical (unpaired) electrons. The summed E-state index contributed by atoms with van der Waals surface area (Å²) in [7, 11) is 3.16. The highest BCUT2D eigenvalue weighted by Crippen LogP contribution is 2.36. The fraction of sp³-hybridized carbons (Fsp3) is 0.308. The number of methoxy groups -OCH3 is 2. The van der Waals surface area contributed by atoms with Gasteiger partial charge >= 0.3 is 0 Å². The normalized spacial score (nSPS) is 15.7. The fourth-order valence-corrected chi connectivity index (χ4v) is 3.14. The van der Waals surface area contributed by atoms with Crippen LogP contribution in [0.25, 0.3) is 0 Å². The lowest BCUT2D eigenvalue weighted by molar-refractivity contribution is 0.123. The van der Waals surface area contributed by atoms with Crippen LogP contribution in [-0.2, 0) is 9.47 Å². The average Bonchev–Trinajstić information content (AvgIpc) is 2.51. The van der Waals surface area contributed by atoms with E-state index in [1.165, 1.54) is 0 Å². The number of hydrazine groups is 1. The maximum absolute atomic E-state index is 6.20. The molecule has 0 amide bonds. The highest BCUT2D eigenvalue weighted by molar-refractivity contribution is 14.1. The molecular formula is C13H17IN4O2S. The topological polar surface area (TPSA) is 72.1 Å². The van der Waals surface area contributed by atoms with E-state index in [4.69, 9.17) is 15.2 Å². The van der Waals surface area contributed by atoms with Gasteiger partial charge in [0.05, 0.1) is 26.0 Å². The van der Waals surface area contributed by atoms with Crippen LogP contribution in [0.4, 0.5) is 5.69 Å². The Morgan fingerprint density at radius 3 is 2.76 bits per heavy atom. The minimum atomic E-state index is -0.108. The highest BCUT2D eigenvalue weighted by Gasteiger charge is 2.25. The zero-order valence-corrected chi connectivity index (χ0v) is 14.9. The summed E-state index contributed by atoms with van der Waals surface area (Å²) >= 11 is 3.84. The van der Waals surface area contributed by atoms with E-state index in [1.54, 1.807) is 37.2 Å². The van der Waals surface area contributed by atoms with Gasteiger partial charge in [0.2, 0.25) is 11.8 Å². The van der Waals surface area contributed by atoms with Crippen LogP contribution >= 0.6 is 34.4 Å². The Kier molecular flexibility index (Phi) is 5.45. The number of nitrogen functional groups attached to an aromatic ring is 1. The molecule has 0 fully saturated rings. The highest BCUT2D eigenvalue weighted by atomic mass is 127. The molecule has 2 rings (SSSR count). The molecule has 1 aliphatic rings. The van der Waals surface area contributed by atoms with E-state index in [0.29, 0.717) is 11.8 Å². The standard InChI is InChI=1S/C13H17IN4O2S/c1-19-10-7-11(20-2)17-18(16-10)13(21-3)8-5-4-6-9(14)12(8)15/h4-7,13,16H,15H2,1-3H3. The van der Waals surface area contributed by atoms with Gasteiger partial charge in [0, 0.05) is 9.13 Å². The predicted octanol–water partition coefficient (Wildman–Crippen LogP) is 2.50. The van der Waals surface area contributed by atoms with Crippen LogP contribution in [-0.4, -0.2) is 31.5 Å². The summed E-state index contributed by atoms with van der Waals surface area (Å²) in [4.78, 5) is 0. The lowest BCUT2D eigenvalue weighted by atomic mass is 10.2. The van der Waals surface area contributed by atoms with Gasteiger partial charge in [0.15, 0.2) is 0 Å². The number of nitrogens with one attached hydrogen (secondary N) is 1. The number of nitrogens with two attached hydrogens (primary N) is 1. The number of thioether (sulfide) groups is 1. The molecular weight excluding hydrogens is 403 g/mol. The molecule has 21 heavy (non-hydrogen) atoms. The largest absolute Gasteiger partial charge is 0.481 e. The van der Waals surface area contributed by atoms with Crippen molar-refractivity contribution in [2.75, 3.05) is 26.2 Å². The number of anilines is 1. The van der Waals surface area contributed by atoms with E-state index in [1.807, 2.05) is 24.5 Å². The Hall–Kier alpha value is -1.29. The minimum Gasteiger partial charge on any atom is -0.481 e. The summed E-state index contributed by atoms with van der Waals surface area (Å²) < 4.78 is 11.5. The third-order valence-corrected chi connectivity index (χ3v) is 4.75. The van der Waals surface area contributed by atoms with E-state index in [9.17, 15) is 0 Å². The number of hydrazone groups is 1. The van der Waals surface area contributed by atoms with Crippen molar-refractivity contribution in [3.63, 3.8) is 0 Å². The molecule has 0 aromatic heterocycles. The molecule has 1 aromatic rings. The van der Waals surface area contributed by atoms with Crippen LogP contribution in [0.5, 0.6) is 0 Å². The number of rotatable bonds is 4. The quantitative estimate of drug-likeness (QED) is 0.576. The molecule has 6 nitrogen and oxygen atoms in total. The Bertz CT molecular complexity index is 579.